The fourth-order valence-electron chi connectivity index (χ4n) is 0.484. The number of halogens is 2. The summed E-state index contributed by atoms with van der Waals surface area (Å²) in [7, 11) is 0. The third-order valence-electron chi connectivity index (χ3n) is 0.834. The fourth-order valence-corrected chi connectivity index (χ4v) is 2.90. The molecule has 0 spiro atoms. The Morgan fingerprint density at radius 3 is 2.89 bits per heavy atom. The van der Waals surface area contributed by atoms with Crippen LogP contribution >= 0.6 is 56.5 Å². The van der Waals surface area contributed by atoms with Gasteiger partial charge in [0, 0.05) is 10.8 Å². The maximum Gasteiger partial charge on any atom is 0.0943 e. The van der Waals surface area contributed by atoms with Gasteiger partial charge in [0.2, 0.25) is 0 Å². The Morgan fingerprint density at radius 2 is 2.44 bits per heavy atom. The molecule has 0 amide bonds. The summed E-state index contributed by atoms with van der Waals surface area (Å²) < 4.78 is 2.45. The highest BCUT2D eigenvalue weighted by Crippen LogP contribution is 2.15. The monoisotopic (exact) mass is 365 g/mol. The summed E-state index contributed by atoms with van der Waals surface area (Å²) in [5, 5.41) is 1.26. The van der Waals surface area contributed by atoms with Crippen molar-refractivity contribution >= 4 is 56.5 Å². The molecule has 0 aliphatic carbocycles. The first-order valence-corrected chi connectivity index (χ1v) is 5.91. The number of hydrogen-bond donors (Lipinski definition) is 0. The molecule has 1 aromatic heterocycles. The van der Waals surface area contributed by atoms with Gasteiger partial charge in [0.1, 0.15) is 0 Å². The highest BCUT2D eigenvalue weighted by Gasteiger charge is 1.95. The molecule has 50 valence electrons. The van der Waals surface area contributed by atoms with E-state index in [1.54, 1.807) is 11.3 Å². The van der Waals surface area contributed by atoms with Crippen LogP contribution in [0.2, 0.25) is 0 Å². The van der Waals surface area contributed by atoms with Crippen LogP contribution in [0.25, 0.3) is 0 Å². The van der Waals surface area contributed by atoms with Gasteiger partial charge >= 0.3 is 0 Å². The number of aryl methyl sites for hydroxylation is 1. The second-order valence-corrected chi connectivity index (χ2v) is 5.59. The molecule has 0 aliphatic rings. The summed E-state index contributed by atoms with van der Waals surface area (Å²) >= 11 is 6.44. The van der Waals surface area contributed by atoms with E-state index in [-0.39, 0.29) is 0 Å². The van der Waals surface area contributed by atoms with Gasteiger partial charge in [-0.2, -0.15) is 0 Å². The lowest BCUT2D eigenvalue weighted by atomic mass is 10.5. The van der Waals surface area contributed by atoms with E-state index in [1.165, 1.54) is 12.3 Å². The number of aromatic nitrogens is 1. The number of rotatable bonds is 2. The third-order valence-corrected chi connectivity index (χ3v) is 3.16. The van der Waals surface area contributed by atoms with Crippen LogP contribution < -0.4 is 0 Å². The second kappa shape index (κ2) is 4.07. The molecule has 4 heteroatoms. The molecule has 0 radical (unpaired) electrons. The van der Waals surface area contributed by atoms with Crippen molar-refractivity contribution < 1.29 is 0 Å². The normalized spacial score (nSPS) is 10.0. The lowest BCUT2D eigenvalue weighted by Gasteiger charge is -1.83. The standard InChI is InChI=1S/C5H5I2NS/c6-2-1-5-8-3-4(7)9-5/h3H,1-2H2. The van der Waals surface area contributed by atoms with E-state index < -0.39 is 0 Å². The van der Waals surface area contributed by atoms with Gasteiger partial charge < -0.3 is 0 Å². The zero-order valence-electron chi connectivity index (χ0n) is 4.60. The molecule has 0 aliphatic heterocycles. The maximum atomic E-state index is 4.21. The molecule has 0 atom stereocenters. The van der Waals surface area contributed by atoms with Gasteiger partial charge in [-0.25, -0.2) is 4.98 Å². The van der Waals surface area contributed by atoms with E-state index in [0.29, 0.717) is 0 Å². The third kappa shape index (κ3) is 2.67. The van der Waals surface area contributed by atoms with Crippen molar-refractivity contribution in [2.24, 2.45) is 0 Å². The van der Waals surface area contributed by atoms with Crippen LogP contribution in [-0.2, 0) is 6.42 Å². The molecular formula is C5H5I2NS. The SMILES string of the molecule is ICCc1ncc(I)s1. The average Bonchev–Trinajstić information content (AvgIpc) is 2.17. The van der Waals surface area contributed by atoms with Crippen LogP contribution in [0.15, 0.2) is 6.20 Å². The number of hydrogen-bond acceptors (Lipinski definition) is 2. The fraction of sp³-hybridized carbons (Fsp3) is 0.400. The van der Waals surface area contributed by atoms with Crippen molar-refractivity contribution in [2.45, 2.75) is 6.42 Å². The zero-order valence-corrected chi connectivity index (χ0v) is 9.73. The molecule has 0 fully saturated rings. The smallest absolute Gasteiger partial charge is 0.0943 e. The molecule has 0 aromatic carbocycles. The van der Waals surface area contributed by atoms with E-state index in [2.05, 4.69) is 50.2 Å². The van der Waals surface area contributed by atoms with Gasteiger partial charge in [-0.05, 0) is 22.6 Å². The van der Waals surface area contributed by atoms with Crippen molar-refractivity contribution in [2.75, 3.05) is 4.43 Å². The lowest BCUT2D eigenvalue weighted by Crippen LogP contribution is -1.80. The Hall–Kier alpha value is 1.09. The molecule has 9 heavy (non-hydrogen) atoms. The van der Waals surface area contributed by atoms with Crippen molar-refractivity contribution in [3.63, 3.8) is 0 Å². The largest absolute Gasteiger partial charge is 0.249 e. The Labute approximate surface area is 85.5 Å². The number of alkyl halides is 1. The van der Waals surface area contributed by atoms with Crippen LogP contribution in [0.1, 0.15) is 5.01 Å². The van der Waals surface area contributed by atoms with Gasteiger partial charge in [0.05, 0.1) is 14.1 Å². The first-order valence-electron chi connectivity index (χ1n) is 2.49. The topological polar surface area (TPSA) is 12.9 Å². The summed E-state index contributed by atoms with van der Waals surface area (Å²) in [5.74, 6) is 0. The zero-order chi connectivity index (χ0) is 6.69. The molecular weight excluding hydrogens is 360 g/mol. The highest BCUT2D eigenvalue weighted by molar-refractivity contribution is 14.1. The van der Waals surface area contributed by atoms with Crippen molar-refractivity contribution in [1.82, 2.24) is 4.98 Å². The minimum atomic E-state index is 1.12. The van der Waals surface area contributed by atoms with E-state index in [0.717, 1.165) is 6.42 Å². The van der Waals surface area contributed by atoms with E-state index in [1.807, 2.05) is 6.20 Å². The van der Waals surface area contributed by atoms with Crippen LogP contribution in [0.3, 0.4) is 0 Å². The molecule has 0 saturated heterocycles. The Bertz CT molecular complexity index is 187. The van der Waals surface area contributed by atoms with Gasteiger partial charge in [0.25, 0.3) is 0 Å². The quantitative estimate of drug-likeness (QED) is 0.581. The van der Waals surface area contributed by atoms with E-state index >= 15 is 0 Å². The lowest BCUT2D eigenvalue weighted by molar-refractivity contribution is 1.12. The predicted octanol–water partition coefficient (Wildman–Crippen LogP) is 2.73. The minimum absolute atomic E-state index is 1.12. The average molecular weight is 365 g/mol. The maximum absolute atomic E-state index is 4.21. The molecule has 0 bridgehead atoms. The van der Waals surface area contributed by atoms with Crippen molar-refractivity contribution in [3.8, 4) is 0 Å². The van der Waals surface area contributed by atoms with Crippen LogP contribution in [0, 0.1) is 2.88 Å². The minimum Gasteiger partial charge on any atom is -0.249 e. The summed E-state index contributed by atoms with van der Waals surface area (Å²) in [6, 6.07) is 0. The van der Waals surface area contributed by atoms with Crippen molar-refractivity contribution in [1.29, 1.82) is 0 Å². The second-order valence-electron chi connectivity index (χ2n) is 1.50. The molecule has 1 heterocycles. The van der Waals surface area contributed by atoms with Crippen LogP contribution in [0.4, 0.5) is 0 Å². The molecule has 0 N–H and O–H groups in total. The van der Waals surface area contributed by atoms with E-state index in [4.69, 9.17) is 0 Å². The molecule has 0 saturated carbocycles. The molecule has 1 nitrogen and oxygen atoms in total. The number of nitrogens with zero attached hydrogens (tertiary/aromatic N) is 1. The Balaban J connectivity index is 2.61. The summed E-state index contributed by atoms with van der Waals surface area (Å²) in [4.78, 5) is 4.21. The predicted molar refractivity (Wildman–Crippen MR) is 57.4 cm³/mol. The first kappa shape index (κ1) is 8.19. The first-order chi connectivity index (χ1) is 4.33. The number of thiazole rings is 1. The molecule has 0 unspecified atom stereocenters. The van der Waals surface area contributed by atoms with Gasteiger partial charge in [-0.1, -0.05) is 22.6 Å². The molecule has 1 rings (SSSR count). The molecule has 1 aromatic rings. The van der Waals surface area contributed by atoms with Gasteiger partial charge in [-0.3, -0.25) is 0 Å². The van der Waals surface area contributed by atoms with E-state index in [9.17, 15) is 0 Å². The van der Waals surface area contributed by atoms with Crippen molar-refractivity contribution in [3.05, 3.63) is 14.1 Å². The summed E-state index contributed by atoms with van der Waals surface area (Å²) in [6.45, 7) is 0. The Kier molecular flexibility index (Phi) is 3.70. The van der Waals surface area contributed by atoms with Gasteiger partial charge in [-0.15, -0.1) is 11.3 Å². The van der Waals surface area contributed by atoms with Crippen LogP contribution in [-0.4, -0.2) is 9.41 Å². The highest BCUT2D eigenvalue weighted by atomic mass is 127. The summed E-state index contributed by atoms with van der Waals surface area (Å²) in [6.07, 6.45) is 3.04. The summed E-state index contributed by atoms with van der Waals surface area (Å²) in [5.41, 5.74) is 0. The van der Waals surface area contributed by atoms with Gasteiger partial charge in [0.15, 0.2) is 0 Å². The van der Waals surface area contributed by atoms with Crippen LogP contribution in [0.5, 0.6) is 0 Å². The Morgan fingerprint density at radius 1 is 1.67 bits per heavy atom.